The first-order valence-corrected chi connectivity index (χ1v) is 10.7. The largest absolute Gasteiger partial charge is 0.497 e. The standard InChI is InChI=1S/C26H26N4O5/c1-17-4-7-21(14-18(17)2)29-25(32)26(33)30-27-15-19-5-10-23(11-6-19)35-16-24(31)28-20-8-12-22(34-3)13-9-20/h4-15H,16H2,1-3H3,(H,28,31)(H,29,32)(H,30,33)/b27-15-. The molecule has 3 N–H and O–H groups in total. The van der Waals surface area contributed by atoms with Gasteiger partial charge in [-0.15, -0.1) is 0 Å². The first-order chi connectivity index (χ1) is 16.8. The van der Waals surface area contributed by atoms with E-state index in [9.17, 15) is 14.4 Å². The molecule has 0 saturated carbocycles. The smallest absolute Gasteiger partial charge is 0.329 e. The third-order valence-electron chi connectivity index (χ3n) is 4.97. The SMILES string of the molecule is COc1ccc(NC(=O)COc2ccc(/C=N\NC(=O)C(=O)Nc3ccc(C)c(C)c3)cc2)cc1. The summed E-state index contributed by atoms with van der Waals surface area (Å²) in [7, 11) is 1.57. The molecule has 0 aromatic heterocycles. The Morgan fingerprint density at radius 3 is 2.11 bits per heavy atom. The van der Waals surface area contributed by atoms with Crippen LogP contribution in [-0.2, 0) is 14.4 Å². The Morgan fingerprint density at radius 1 is 0.800 bits per heavy atom. The van der Waals surface area contributed by atoms with Gasteiger partial charge in [-0.2, -0.15) is 5.10 Å². The van der Waals surface area contributed by atoms with Gasteiger partial charge >= 0.3 is 11.8 Å². The molecule has 9 heteroatoms. The molecule has 0 saturated heterocycles. The molecule has 0 aliphatic rings. The predicted octanol–water partition coefficient (Wildman–Crippen LogP) is 3.42. The number of carbonyl (C=O) groups is 3. The maximum atomic E-state index is 12.1. The van der Waals surface area contributed by atoms with Crippen molar-refractivity contribution in [3.8, 4) is 11.5 Å². The summed E-state index contributed by atoms with van der Waals surface area (Å²) in [5.41, 5.74) is 6.11. The van der Waals surface area contributed by atoms with Crippen molar-refractivity contribution in [2.24, 2.45) is 5.10 Å². The Hall–Kier alpha value is -4.66. The molecule has 0 aliphatic heterocycles. The normalized spacial score (nSPS) is 10.5. The maximum absolute atomic E-state index is 12.1. The van der Waals surface area contributed by atoms with E-state index >= 15 is 0 Å². The van der Waals surface area contributed by atoms with Gasteiger partial charge in [-0.1, -0.05) is 6.07 Å². The highest BCUT2D eigenvalue weighted by Gasteiger charge is 2.13. The summed E-state index contributed by atoms with van der Waals surface area (Å²) >= 11 is 0. The van der Waals surface area contributed by atoms with Crippen LogP contribution in [0.1, 0.15) is 16.7 Å². The van der Waals surface area contributed by atoms with Crippen molar-refractivity contribution in [1.82, 2.24) is 5.43 Å². The molecule has 0 unspecified atom stereocenters. The number of hydrogen-bond acceptors (Lipinski definition) is 6. The van der Waals surface area contributed by atoms with Crippen molar-refractivity contribution in [3.63, 3.8) is 0 Å². The quantitative estimate of drug-likeness (QED) is 0.263. The average molecular weight is 475 g/mol. The topological polar surface area (TPSA) is 118 Å². The Kier molecular flexibility index (Phi) is 8.55. The summed E-state index contributed by atoms with van der Waals surface area (Å²) in [6.07, 6.45) is 1.39. The van der Waals surface area contributed by atoms with E-state index in [0.717, 1.165) is 11.1 Å². The minimum atomic E-state index is -0.887. The molecular formula is C26H26N4O5. The van der Waals surface area contributed by atoms with Gasteiger partial charge in [0.2, 0.25) is 0 Å². The number of benzene rings is 3. The number of methoxy groups -OCH3 is 1. The molecule has 35 heavy (non-hydrogen) atoms. The second-order valence-electron chi connectivity index (χ2n) is 7.59. The third-order valence-corrected chi connectivity index (χ3v) is 4.97. The molecule has 3 aromatic carbocycles. The lowest BCUT2D eigenvalue weighted by Crippen LogP contribution is -2.32. The summed E-state index contributed by atoms with van der Waals surface area (Å²) in [6.45, 7) is 3.72. The maximum Gasteiger partial charge on any atom is 0.329 e. The van der Waals surface area contributed by atoms with Gasteiger partial charge in [-0.3, -0.25) is 14.4 Å². The minimum Gasteiger partial charge on any atom is -0.497 e. The molecule has 3 rings (SSSR count). The number of nitrogens with one attached hydrogen (secondary N) is 3. The van der Waals surface area contributed by atoms with Crippen LogP contribution in [0.4, 0.5) is 11.4 Å². The van der Waals surface area contributed by atoms with Crippen LogP contribution in [0.3, 0.4) is 0 Å². The van der Waals surface area contributed by atoms with Gasteiger partial charge < -0.3 is 20.1 Å². The summed E-state index contributed by atoms with van der Waals surface area (Å²) in [6, 6.07) is 19.1. The van der Waals surface area contributed by atoms with E-state index in [4.69, 9.17) is 9.47 Å². The molecule has 3 aromatic rings. The highest BCUT2D eigenvalue weighted by molar-refractivity contribution is 6.39. The summed E-state index contributed by atoms with van der Waals surface area (Å²) in [5, 5.41) is 9.06. The Bertz CT molecular complexity index is 1220. The van der Waals surface area contributed by atoms with E-state index in [1.165, 1.54) is 6.21 Å². The number of anilines is 2. The van der Waals surface area contributed by atoms with Gasteiger partial charge in [-0.05, 0) is 91.2 Å². The van der Waals surface area contributed by atoms with Crippen LogP contribution in [-0.4, -0.2) is 37.7 Å². The van der Waals surface area contributed by atoms with Crippen molar-refractivity contribution in [3.05, 3.63) is 83.4 Å². The van der Waals surface area contributed by atoms with Crippen molar-refractivity contribution >= 4 is 35.3 Å². The number of ether oxygens (including phenoxy) is 2. The number of nitrogens with zero attached hydrogens (tertiary/aromatic N) is 1. The van der Waals surface area contributed by atoms with Crippen molar-refractivity contribution in [2.75, 3.05) is 24.4 Å². The highest BCUT2D eigenvalue weighted by atomic mass is 16.5. The number of aryl methyl sites for hydroxylation is 2. The average Bonchev–Trinajstić information content (AvgIpc) is 2.86. The number of carbonyl (C=O) groups excluding carboxylic acids is 3. The lowest BCUT2D eigenvalue weighted by atomic mass is 10.1. The number of rotatable bonds is 8. The number of hydrogen-bond donors (Lipinski definition) is 3. The summed E-state index contributed by atoms with van der Waals surface area (Å²) in [5.74, 6) is -0.821. The number of amides is 3. The first-order valence-electron chi connectivity index (χ1n) is 10.7. The van der Waals surface area contributed by atoms with E-state index in [0.29, 0.717) is 28.4 Å². The van der Waals surface area contributed by atoms with Gasteiger partial charge in [0.15, 0.2) is 6.61 Å². The van der Waals surface area contributed by atoms with Crippen molar-refractivity contribution in [1.29, 1.82) is 0 Å². The van der Waals surface area contributed by atoms with Crippen LogP contribution < -0.4 is 25.5 Å². The molecule has 180 valence electrons. The molecule has 0 heterocycles. The Morgan fingerprint density at radius 2 is 1.46 bits per heavy atom. The zero-order chi connectivity index (χ0) is 25.2. The highest BCUT2D eigenvalue weighted by Crippen LogP contribution is 2.16. The molecule has 0 radical (unpaired) electrons. The monoisotopic (exact) mass is 474 g/mol. The fourth-order valence-electron chi connectivity index (χ4n) is 2.89. The first kappa shape index (κ1) is 25.0. The van der Waals surface area contributed by atoms with Crippen LogP contribution in [0, 0.1) is 13.8 Å². The fourth-order valence-corrected chi connectivity index (χ4v) is 2.89. The van der Waals surface area contributed by atoms with Gasteiger partial charge in [-0.25, -0.2) is 5.43 Å². The van der Waals surface area contributed by atoms with E-state index < -0.39 is 11.8 Å². The van der Waals surface area contributed by atoms with Crippen LogP contribution in [0.25, 0.3) is 0 Å². The molecule has 9 nitrogen and oxygen atoms in total. The molecule has 0 bridgehead atoms. The molecule has 3 amide bonds. The van der Waals surface area contributed by atoms with E-state index in [2.05, 4.69) is 21.2 Å². The molecule has 0 atom stereocenters. The second kappa shape index (κ2) is 12.0. The summed E-state index contributed by atoms with van der Waals surface area (Å²) < 4.78 is 10.6. The Balaban J connectivity index is 1.42. The van der Waals surface area contributed by atoms with E-state index in [-0.39, 0.29) is 12.5 Å². The predicted molar refractivity (Wildman–Crippen MR) is 134 cm³/mol. The summed E-state index contributed by atoms with van der Waals surface area (Å²) in [4.78, 5) is 36.0. The lowest BCUT2D eigenvalue weighted by Gasteiger charge is -2.08. The zero-order valence-electron chi connectivity index (χ0n) is 19.6. The number of hydrazone groups is 1. The second-order valence-corrected chi connectivity index (χ2v) is 7.59. The fraction of sp³-hybridized carbons (Fsp3) is 0.154. The molecule has 0 fully saturated rings. The van der Waals surface area contributed by atoms with Gasteiger partial charge in [0.1, 0.15) is 11.5 Å². The van der Waals surface area contributed by atoms with Gasteiger partial charge in [0.05, 0.1) is 13.3 Å². The van der Waals surface area contributed by atoms with Crippen LogP contribution in [0.15, 0.2) is 71.8 Å². The Labute approximate surface area is 203 Å². The molecule has 0 aliphatic carbocycles. The van der Waals surface area contributed by atoms with Crippen LogP contribution in [0.5, 0.6) is 11.5 Å². The lowest BCUT2D eigenvalue weighted by molar-refractivity contribution is -0.136. The van der Waals surface area contributed by atoms with Crippen molar-refractivity contribution in [2.45, 2.75) is 13.8 Å². The minimum absolute atomic E-state index is 0.162. The van der Waals surface area contributed by atoms with Gasteiger partial charge in [0, 0.05) is 11.4 Å². The van der Waals surface area contributed by atoms with Crippen LogP contribution in [0.2, 0.25) is 0 Å². The zero-order valence-corrected chi connectivity index (χ0v) is 19.6. The molecule has 0 spiro atoms. The van der Waals surface area contributed by atoms with E-state index in [1.807, 2.05) is 19.9 Å². The van der Waals surface area contributed by atoms with E-state index in [1.54, 1.807) is 67.8 Å². The van der Waals surface area contributed by atoms with Crippen molar-refractivity contribution < 1.29 is 23.9 Å². The molecular weight excluding hydrogens is 448 g/mol. The van der Waals surface area contributed by atoms with Crippen LogP contribution >= 0.6 is 0 Å². The van der Waals surface area contributed by atoms with Gasteiger partial charge in [0.25, 0.3) is 5.91 Å². The third kappa shape index (κ3) is 7.71.